The Morgan fingerprint density at radius 3 is 2.32 bits per heavy atom. The van der Waals surface area contributed by atoms with Gasteiger partial charge in [0.05, 0.1) is 0 Å². The van der Waals surface area contributed by atoms with Crippen molar-refractivity contribution in [2.45, 2.75) is 26.8 Å². The molecule has 0 fully saturated rings. The zero-order valence-corrected chi connectivity index (χ0v) is 13.4. The SMILES string of the molecule is CC(C)Cc1ccc(C(=O)N(C)Cc2ccccc2O)cc1. The van der Waals surface area contributed by atoms with Gasteiger partial charge in [-0.05, 0) is 36.1 Å². The summed E-state index contributed by atoms with van der Waals surface area (Å²) in [5, 5.41) is 9.79. The molecule has 1 amide bonds. The van der Waals surface area contributed by atoms with Crippen LogP contribution in [0.1, 0.15) is 35.3 Å². The van der Waals surface area contributed by atoms with Crippen LogP contribution in [0.4, 0.5) is 0 Å². The zero-order valence-electron chi connectivity index (χ0n) is 13.4. The molecule has 3 nitrogen and oxygen atoms in total. The molecule has 2 aromatic rings. The quantitative estimate of drug-likeness (QED) is 0.910. The molecule has 0 radical (unpaired) electrons. The number of benzene rings is 2. The summed E-state index contributed by atoms with van der Waals surface area (Å²) in [6.07, 6.45) is 1.02. The molecule has 0 bridgehead atoms. The summed E-state index contributed by atoms with van der Waals surface area (Å²) in [5.74, 6) is 0.777. The van der Waals surface area contributed by atoms with Crippen molar-refractivity contribution in [1.29, 1.82) is 0 Å². The fraction of sp³-hybridized carbons (Fsp3) is 0.316. The normalized spacial score (nSPS) is 10.7. The molecule has 0 aromatic heterocycles. The molecule has 0 aliphatic carbocycles. The molecule has 0 spiro atoms. The molecule has 1 N–H and O–H groups in total. The first-order valence-corrected chi connectivity index (χ1v) is 7.58. The van der Waals surface area contributed by atoms with Crippen LogP contribution in [0.5, 0.6) is 5.75 Å². The van der Waals surface area contributed by atoms with E-state index in [9.17, 15) is 9.90 Å². The van der Waals surface area contributed by atoms with Crippen LogP contribution in [0.3, 0.4) is 0 Å². The van der Waals surface area contributed by atoms with Gasteiger partial charge in [0.15, 0.2) is 0 Å². The van der Waals surface area contributed by atoms with Gasteiger partial charge >= 0.3 is 0 Å². The van der Waals surface area contributed by atoms with E-state index >= 15 is 0 Å². The van der Waals surface area contributed by atoms with Crippen molar-refractivity contribution < 1.29 is 9.90 Å². The summed E-state index contributed by atoms with van der Waals surface area (Å²) in [5.41, 5.74) is 2.66. The Bertz CT molecular complexity index is 632. The number of rotatable bonds is 5. The fourth-order valence-corrected chi connectivity index (χ4v) is 2.45. The summed E-state index contributed by atoms with van der Waals surface area (Å²) in [7, 11) is 1.75. The highest BCUT2D eigenvalue weighted by molar-refractivity contribution is 5.94. The minimum Gasteiger partial charge on any atom is -0.508 e. The number of phenols is 1. The fourth-order valence-electron chi connectivity index (χ4n) is 2.45. The monoisotopic (exact) mass is 297 g/mol. The highest BCUT2D eigenvalue weighted by Gasteiger charge is 2.13. The Hall–Kier alpha value is -2.29. The first kappa shape index (κ1) is 16.1. The van der Waals surface area contributed by atoms with Gasteiger partial charge in [-0.1, -0.05) is 44.2 Å². The van der Waals surface area contributed by atoms with Crippen molar-refractivity contribution in [1.82, 2.24) is 4.90 Å². The Labute approximate surface area is 132 Å². The topological polar surface area (TPSA) is 40.5 Å². The van der Waals surface area contributed by atoms with E-state index in [1.165, 1.54) is 5.56 Å². The van der Waals surface area contributed by atoms with E-state index in [0.717, 1.165) is 12.0 Å². The smallest absolute Gasteiger partial charge is 0.253 e. The summed E-state index contributed by atoms with van der Waals surface area (Å²) in [6.45, 7) is 4.75. The average molecular weight is 297 g/mol. The van der Waals surface area contributed by atoms with Crippen LogP contribution in [-0.2, 0) is 13.0 Å². The van der Waals surface area contributed by atoms with Crippen molar-refractivity contribution in [2.24, 2.45) is 5.92 Å². The van der Waals surface area contributed by atoms with Gasteiger partial charge in [0.1, 0.15) is 5.75 Å². The summed E-state index contributed by atoms with van der Waals surface area (Å²) < 4.78 is 0. The van der Waals surface area contributed by atoms with Gasteiger partial charge in [0, 0.05) is 24.7 Å². The standard InChI is InChI=1S/C19H23NO2/c1-14(2)12-15-8-10-16(11-9-15)19(22)20(3)13-17-6-4-5-7-18(17)21/h4-11,14,21H,12-13H2,1-3H3. The van der Waals surface area contributed by atoms with E-state index in [4.69, 9.17) is 0 Å². The van der Waals surface area contributed by atoms with Crippen LogP contribution >= 0.6 is 0 Å². The highest BCUT2D eigenvalue weighted by Crippen LogP contribution is 2.18. The molecule has 0 atom stereocenters. The molecule has 0 saturated heterocycles. The second-order valence-electron chi connectivity index (χ2n) is 6.08. The third-order valence-corrected chi connectivity index (χ3v) is 3.59. The Kier molecular flexibility index (Phi) is 5.21. The lowest BCUT2D eigenvalue weighted by molar-refractivity contribution is 0.0784. The number of para-hydroxylation sites is 1. The molecule has 2 aromatic carbocycles. The van der Waals surface area contributed by atoms with Crippen molar-refractivity contribution in [2.75, 3.05) is 7.05 Å². The molecular weight excluding hydrogens is 274 g/mol. The first-order valence-electron chi connectivity index (χ1n) is 7.58. The van der Waals surface area contributed by atoms with E-state index in [0.29, 0.717) is 18.0 Å². The number of amides is 1. The van der Waals surface area contributed by atoms with Crippen molar-refractivity contribution in [3.05, 3.63) is 65.2 Å². The number of hydrogen-bond donors (Lipinski definition) is 1. The van der Waals surface area contributed by atoms with Gasteiger partial charge in [-0.25, -0.2) is 0 Å². The lowest BCUT2D eigenvalue weighted by Crippen LogP contribution is -2.26. The maximum atomic E-state index is 12.4. The van der Waals surface area contributed by atoms with Crippen LogP contribution in [0, 0.1) is 5.92 Å². The lowest BCUT2D eigenvalue weighted by Gasteiger charge is -2.18. The third kappa shape index (κ3) is 4.10. The number of carbonyl (C=O) groups excluding carboxylic acids is 1. The minimum atomic E-state index is -0.0423. The van der Waals surface area contributed by atoms with Crippen molar-refractivity contribution in [3.8, 4) is 5.75 Å². The second-order valence-corrected chi connectivity index (χ2v) is 6.08. The molecule has 0 unspecified atom stereocenters. The zero-order chi connectivity index (χ0) is 16.1. The summed E-state index contributed by atoms with van der Waals surface area (Å²) >= 11 is 0. The number of hydrogen-bond acceptors (Lipinski definition) is 2. The van der Waals surface area contributed by atoms with Crippen LogP contribution in [0.15, 0.2) is 48.5 Å². The summed E-state index contributed by atoms with van der Waals surface area (Å²) in [4.78, 5) is 14.1. The molecule has 0 saturated carbocycles. The molecule has 3 heteroatoms. The number of nitrogens with zero attached hydrogens (tertiary/aromatic N) is 1. The summed E-state index contributed by atoms with van der Waals surface area (Å²) in [6, 6.07) is 14.9. The molecule has 0 heterocycles. The molecule has 2 rings (SSSR count). The Balaban J connectivity index is 2.06. The van der Waals surface area contributed by atoms with Crippen LogP contribution in [0.2, 0.25) is 0 Å². The minimum absolute atomic E-state index is 0.0423. The van der Waals surface area contributed by atoms with E-state index in [1.807, 2.05) is 36.4 Å². The van der Waals surface area contributed by atoms with Crippen LogP contribution < -0.4 is 0 Å². The number of phenolic OH excluding ortho intramolecular Hbond substituents is 1. The van der Waals surface area contributed by atoms with Gasteiger partial charge in [-0.15, -0.1) is 0 Å². The van der Waals surface area contributed by atoms with Crippen molar-refractivity contribution >= 4 is 5.91 Å². The van der Waals surface area contributed by atoms with Crippen molar-refractivity contribution in [3.63, 3.8) is 0 Å². The highest BCUT2D eigenvalue weighted by atomic mass is 16.3. The van der Waals surface area contributed by atoms with Gasteiger partial charge < -0.3 is 10.0 Å². The Morgan fingerprint density at radius 2 is 1.73 bits per heavy atom. The molecular formula is C19H23NO2. The van der Waals surface area contributed by atoms with E-state index in [2.05, 4.69) is 13.8 Å². The van der Waals surface area contributed by atoms with E-state index in [1.54, 1.807) is 24.1 Å². The maximum Gasteiger partial charge on any atom is 0.253 e. The van der Waals surface area contributed by atoms with E-state index < -0.39 is 0 Å². The first-order chi connectivity index (χ1) is 10.5. The lowest BCUT2D eigenvalue weighted by atomic mass is 10.0. The number of aromatic hydroxyl groups is 1. The molecule has 0 aliphatic rings. The average Bonchev–Trinajstić information content (AvgIpc) is 2.49. The van der Waals surface area contributed by atoms with Gasteiger partial charge in [-0.2, -0.15) is 0 Å². The van der Waals surface area contributed by atoms with Gasteiger partial charge in [0.25, 0.3) is 5.91 Å². The molecule has 0 aliphatic heterocycles. The molecule has 22 heavy (non-hydrogen) atoms. The largest absolute Gasteiger partial charge is 0.508 e. The second kappa shape index (κ2) is 7.12. The third-order valence-electron chi connectivity index (χ3n) is 3.59. The molecule has 116 valence electrons. The Morgan fingerprint density at radius 1 is 1.09 bits per heavy atom. The van der Waals surface area contributed by atoms with Gasteiger partial charge in [-0.3, -0.25) is 4.79 Å². The predicted octanol–water partition coefficient (Wildman–Crippen LogP) is 3.86. The predicted molar refractivity (Wildman–Crippen MR) is 88.9 cm³/mol. The van der Waals surface area contributed by atoms with E-state index in [-0.39, 0.29) is 11.7 Å². The maximum absolute atomic E-state index is 12.4. The van der Waals surface area contributed by atoms with Gasteiger partial charge in [0.2, 0.25) is 0 Å². The van der Waals surface area contributed by atoms with Crippen LogP contribution in [0.25, 0.3) is 0 Å². The van der Waals surface area contributed by atoms with Crippen LogP contribution in [-0.4, -0.2) is 23.0 Å². The number of carbonyl (C=O) groups is 1.